The van der Waals surface area contributed by atoms with Crippen LogP contribution in [0.25, 0.3) is 0 Å². The van der Waals surface area contributed by atoms with Crippen molar-refractivity contribution in [3.8, 4) is 0 Å². The fourth-order valence-corrected chi connectivity index (χ4v) is 2.70. The highest BCUT2D eigenvalue weighted by Gasteiger charge is 2.38. The van der Waals surface area contributed by atoms with Crippen molar-refractivity contribution >= 4 is 12.6 Å². The summed E-state index contributed by atoms with van der Waals surface area (Å²) >= 11 is 4.81. The second-order valence-electron chi connectivity index (χ2n) is 6.30. The number of unbranched alkanes of at least 4 members (excludes halogenated alkanes) is 4. The van der Waals surface area contributed by atoms with Gasteiger partial charge in [0.05, 0.1) is 0 Å². The first kappa shape index (κ1) is 17.3. The molecule has 0 bridgehead atoms. The molecule has 0 heterocycles. The van der Waals surface area contributed by atoms with Gasteiger partial charge in [-0.15, -0.1) is 12.6 Å². The Kier molecular flexibility index (Phi) is 7.82. The SMILES string of the molecule is CCCCCCCC(S)(OC)C(C)C(C)(C)C. The predicted molar refractivity (Wildman–Crippen MR) is 80.7 cm³/mol. The quantitative estimate of drug-likeness (QED) is 0.354. The molecule has 0 radical (unpaired) electrons. The van der Waals surface area contributed by atoms with Gasteiger partial charge in [0.15, 0.2) is 0 Å². The van der Waals surface area contributed by atoms with Gasteiger partial charge in [0.2, 0.25) is 0 Å². The zero-order chi connectivity index (χ0) is 13.5. The van der Waals surface area contributed by atoms with E-state index in [1.807, 2.05) is 0 Å². The molecule has 2 atom stereocenters. The molecule has 17 heavy (non-hydrogen) atoms. The molecule has 0 fully saturated rings. The molecule has 0 saturated carbocycles. The van der Waals surface area contributed by atoms with Gasteiger partial charge in [-0.2, -0.15) is 0 Å². The van der Waals surface area contributed by atoms with Crippen LogP contribution in [0.4, 0.5) is 0 Å². The zero-order valence-corrected chi connectivity index (χ0v) is 13.6. The Morgan fingerprint density at radius 3 is 2.00 bits per heavy atom. The molecular formula is C15H32OS. The third-order valence-electron chi connectivity index (χ3n) is 3.97. The Labute approximate surface area is 114 Å². The number of methoxy groups -OCH3 is 1. The van der Waals surface area contributed by atoms with Crippen molar-refractivity contribution < 1.29 is 4.74 Å². The first-order valence-corrected chi connectivity index (χ1v) is 7.50. The van der Waals surface area contributed by atoms with E-state index in [0.717, 1.165) is 6.42 Å². The van der Waals surface area contributed by atoms with Gasteiger partial charge in [-0.3, -0.25) is 0 Å². The standard InChI is InChI=1S/C15H32OS/c1-7-8-9-10-11-12-15(17,16-6)13(2)14(3,4)5/h13,17H,7-12H2,1-6H3. The Morgan fingerprint density at radius 2 is 1.59 bits per heavy atom. The molecule has 2 unspecified atom stereocenters. The third kappa shape index (κ3) is 6.15. The van der Waals surface area contributed by atoms with Gasteiger partial charge in [-0.1, -0.05) is 60.3 Å². The molecule has 0 aromatic carbocycles. The summed E-state index contributed by atoms with van der Waals surface area (Å²) in [5.41, 5.74) is 0.237. The van der Waals surface area contributed by atoms with E-state index in [0.29, 0.717) is 5.92 Å². The fourth-order valence-electron chi connectivity index (χ4n) is 2.15. The summed E-state index contributed by atoms with van der Waals surface area (Å²) < 4.78 is 5.70. The van der Waals surface area contributed by atoms with E-state index in [2.05, 4.69) is 34.6 Å². The smallest absolute Gasteiger partial charge is 0.113 e. The molecule has 0 saturated heterocycles. The van der Waals surface area contributed by atoms with Crippen LogP contribution in [0.15, 0.2) is 0 Å². The highest BCUT2D eigenvalue weighted by Crippen LogP contribution is 2.41. The molecule has 1 nitrogen and oxygen atoms in total. The Morgan fingerprint density at radius 1 is 1.06 bits per heavy atom. The molecule has 0 amide bonds. The van der Waals surface area contributed by atoms with Crippen molar-refractivity contribution in [3.63, 3.8) is 0 Å². The predicted octanol–water partition coefficient (Wildman–Crippen LogP) is 5.30. The van der Waals surface area contributed by atoms with Crippen LogP contribution in [0.1, 0.15) is 73.1 Å². The molecular weight excluding hydrogens is 228 g/mol. The maximum Gasteiger partial charge on any atom is 0.113 e. The minimum absolute atomic E-state index is 0.237. The molecule has 0 aliphatic rings. The van der Waals surface area contributed by atoms with Crippen molar-refractivity contribution in [1.29, 1.82) is 0 Å². The van der Waals surface area contributed by atoms with Crippen LogP contribution in [-0.4, -0.2) is 12.0 Å². The van der Waals surface area contributed by atoms with Gasteiger partial charge < -0.3 is 4.74 Å². The van der Waals surface area contributed by atoms with Gasteiger partial charge in [0.1, 0.15) is 4.93 Å². The van der Waals surface area contributed by atoms with Gasteiger partial charge in [-0.05, 0) is 24.2 Å². The van der Waals surface area contributed by atoms with Gasteiger partial charge in [-0.25, -0.2) is 0 Å². The summed E-state index contributed by atoms with van der Waals surface area (Å²) in [7, 11) is 1.79. The van der Waals surface area contributed by atoms with Crippen molar-refractivity contribution in [2.45, 2.75) is 78.1 Å². The molecule has 2 heteroatoms. The van der Waals surface area contributed by atoms with E-state index < -0.39 is 0 Å². The summed E-state index contributed by atoms with van der Waals surface area (Å²) in [6.45, 7) is 11.3. The molecule has 0 aromatic rings. The van der Waals surface area contributed by atoms with E-state index in [4.69, 9.17) is 17.4 Å². The number of hydrogen-bond donors (Lipinski definition) is 1. The third-order valence-corrected chi connectivity index (χ3v) is 4.76. The van der Waals surface area contributed by atoms with E-state index in [9.17, 15) is 0 Å². The summed E-state index contributed by atoms with van der Waals surface area (Å²) in [5, 5.41) is 0. The van der Waals surface area contributed by atoms with Crippen LogP contribution in [0, 0.1) is 11.3 Å². The number of hydrogen-bond acceptors (Lipinski definition) is 2. The maximum atomic E-state index is 5.70. The molecule has 0 rings (SSSR count). The Hall–Kier alpha value is 0.310. The normalized spacial score (nSPS) is 17.8. The molecule has 0 N–H and O–H groups in total. The molecule has 0 aliphatic heterocycles. The van der Waals surface area contributed by atoms with E-state index >= 15 is 0 Å². The monoisotopic (exact) mass is 260 g/mol. The highest BCUT2D eigenvalue weighted by molar-refractivity contribution is 7.81. The number of rotatable bonds is 8. The Bertz CT molecular complexity index is 198. The first-order chi connectivity index (χ1) is 7.78. The lowest BCUT2D eigenvalue weighted by Crippen LogP contribution is -2.40. The lowest BCUT2D eigenvalue weighted by molar-refractivity contribution is -0.0202. The minimum Gasteiger partial charge on any atom is -0.368 e. The van der Waals surface area contributed by atoms with Crippen molar-refractivity contribution in [2.75, 3.05) is 7.11 Å². The average Bonchev–Trinajstić information content (AvgIpc) is 2.26. The number of ether oxygens (including phenoxy) is 1. The van der Waals surface area contributed by atoms with Crippen molar-refractivity contribution in [1.82, 2.24) is 0 Å². The zero-order valence-electron chi connectivity index (χ0n) is 12.7. The van der Waals surface area contributed by atoms with Gasteiger partial charge >= 0.3 is 0 Å². The van der Waals surface area contributed by atoms with E-state index in [1.54, 1.807) is 7.11 Å². The maximum absolute atomic E-state index is 5.70. The lowest BCUT2D eigenvalue weighted by Gasteiger charge is -2.41. The lowest BCUT2D eigenvalue weighted by atomic mass is 9.77. The number of thiol groups is 1. The van der Waals surface area contributed by atoms with Crippen LogP contribution in [0.2, 0.25) is 0 Å². The van der Waals surface area contributed by atoms with Crippen LogP contribution in [-0.2, 0) is 4.74 Å². The summed E-state index contributed by atoms with van der Waals surface area (Å²) in [6, 6.07) is 0. The van der Waals surface area contributed by atoms with Gasteiger partial charge in [0, 0.05) is 7.11 Å². The summed E-state index contributed by atoms with van der Waals surface area (Å²) in [4.78, 5) is -0.273. The Balaban J connectivity index is 4.19. The van der Waals surface area contributed by atoms with Crippen molar-refractivity contribution in [2.24, 2.45) is 11.3 Å². The fraction of sp³-hybridized carbons (Fsp3) is 1.00. The molecule has 0 aromatic heterocycles. The highest BCUT2D eigenvalue weighted by atomic mass is 32.1. The van der Waals surface area contributed by atoms with Crippen LogP contribution >= 0.6 is 12.6 Å². The summed E-state index contributed by atoms with van der Waals surface area (Å²) in [5.74, 6) is 0.439. The van der Waals surface area contributed by atoms with E-state index in [-0.39, 0.29) is 10.3 Å². The summed E-state index contributed by atoms with van der Waals surface area (Å²) in [6.07, 6.45) is 7.56. The van der Waals surface area contributed by atoms with Crippen molar-refractivity contribution in [3.05, 3.63) is 0 Å². The average molecular weight is 260 g/mol. The second-order valence-corrected chi connectivity index (χ2v) is 7.06. The molecule has 0 spiro atoms. The largest absolute Gasteiger partial charge is 0.368 e. The molecule has 104 valence electrons. The van der Waals surface area contributed by atoms with Crippen LogP contribution in [0.3, 0.4) is 0 Å². The van der Waals surface area contributed by atoms with E-state index in [1.165, 1.54) is 32.1 Å². The topological polar surface area (TPSA) is 9.23 Å². The molecule has 0 aliphatic carbocycles. The van der Waals surface area contributed by atoms with Crippen LogP contribution in [0.5, 0.6) is 0 Å². The first-order valence-electron chi connectivity index (χ1n) is 7.05. The second kappa shape index (κ2) is 7.68. The van der Waals surface area contributed by atoms with Gasteiger partial charge in [0.25, 0.3) is 0 Å². The minimum atomic E-state index is -0.273. The van der Waals surface area contributed by atoms with Crippen LogP contribution < -0.4 is 0 Å².